The van der Waals surface area contributed by atoms with E-state index in [-0.39, 0.29) is 17.2 Å². The Labute approximate surface area is 203 Å². The first-order valence-corrected chi connectivity index (χ1v) is 11.9. The van der Waals surface area contributed by atoms with E-state index in [2.05, 4.69) is 34.2 Å². The Morgan fingerprint density at radius 1 is 1.23 bits per heavy atom. The minimum Gasteiger partial charge on any atom is -0.505 e. The zero-order chi connectivity index (χ0) is 24.7. The molecule has 0 radical (unpaired) electrons. The molecule has 0 saturated carbocycles. The number of halogens is 1. The van der Waals surface area contributed by atoms with Gasteiger partial charge >= 0.3 is 0 Å². The third-order valence-electron chi connectivity index (χ3n) is 7.60. The number of nitrogens with zero attached hydrogens (tertiary/aromatic N) is 4. The molecule has 2 aromatic carbocycles. The lowest BCUT2D eigenvalue weighted by atomic mass is 9.70. The van der Waals surface area contributed by atoms with Crippen molar-refractivity contribution in [1.29, 1.82) is 0 Å². The number of carbonyl (C=O) groups is 1. The van der Waals surface area contributed by atoms with Gasteiger partial charge in [0.2, 0.25) is 5.91 Å². The molecule has 9 heteroatoms. The molecule has 2 aliphatic heterocycles. The van der Waals surface area contributed by atoms with Gasteiger partial charge in [0.1, 0.15) is 17.9 Å². The van der Waals surface area contributed by atoms with Gasteiger partial charge in [-0.2, -0.15) is 0 Å². The summed E-state index contributed by atoms with van der Waals surface area (Å²) in [5.74, 6) is 0.0173. The van der Waals surface area contributed by atoms with Gasteiger partial charge in [-0.15, -0.1) is 0 Å². The predicted octanol–water partition coefficient (Wildman–Crippen LogP) is 4.31. The van der Waals surface area contributed by atoms with Gasteiger partial charge < -0.3 is 25.0 Å². The lowest BCUT2D eigenvalue weighted by molar-refractivity contribution is -0.122. The normalized spacial score (nSPS) is 20.1. The topological polar surface area (TPSA) is 90.8 Å². The number of anilines is 3. The van der Waals surface area contributed by atoms with Gasteiger partial charge in [-0.25, -0.2) is 14.4 Å². The van der Waals surface area contributed by atoms with Gasteiger partial charge in [0.15, 0.2) is 11.6 Å². The Morgan fingerprint density at radius 3 is 2.69 bits per heavy atom. The molecule has 1 spiro atoms. The van der Waals surface area contributed by atoms with E-state index >= 15 is 0 Å². The number of likely N-dealkylation sites (tertiary alicyclic amines) is 1. The van der Waals surface area contributed by atoms with Crippen LogP contribution in [0.25, 0.3) is 10.9 Å². The number of methoxy groups -OCH3 is 1. The van der Waals surface area contributed by atoms with E-state index in [0.29, 0.717) is 40.4 Å². The van der Waals surface area contributed by atoms with Gasteiger partial charge in [0.05, 0.1) is 18.3 Å². The SMILES string of the molecule is CCC1C(=O)N(c2cc3c(Nc4ccc(F)c(O)c4)ncnc3cc2OC)CC12CCN(C)CC2. The van der Waals surface area contributed by atoms with Crippen LogP contribution in [0, 0.1) is 17.2 Å². The van der Waals surface area contributed by atoms with Gasteiger partial charge in [-0.1, -0.05) is 6.92 Å². The second-order valence-corrected chi connectivity index (χ2v) is 9.61. The Hall–Kier alpha value is -3.46. The Kier molecular flexibility index (Phi) is 5.96. The van der Waals surface area contributed by atoms with Crippen molar-refractivity contribution in [3.63, 3.8) is 0 Å². The number of nitrogens with one attached hydrogen (secondary N) is 1. The Balaban J connectivity index is 1.56. The molecule has 1 atom stereocenters. The van der Waals surface area contributed by atoms with Gasteiger partial charge in [-0.05, 0) is 57.6 Å². The monoisotopic (exact) mass is 479 g/mol. The molecule has 0 aliphatic carbocycles. The zero-order valence-corrected chi connectivity index (χ0v) is 20.2. The molecule has 2 aliphatic rings. The van der Waals surface area contributed by atoms with E-state index in [0.717, 1.165) is 32.4 Å². The van der Waals surface area contributed by atoms with Crippen LogP contribution >= 0.6 is 0 Å². The van der Waals surface area contributed by atoms with Crippen LogP contribution in [0.3, 0.4) is 0 Å². The molecule has 8 nitrogen and oxygen atoms in total. The number of carbonyl (C=O) groups excluding carboxylic acids is 1. The molecule has 3 aromatic rings. The number of piperidine rings is 1. The summed E-state index contributed by atoms with van der Waals surface area (Å²) in [6.07, 6.45) is 4.21. The molecule has 1 aromatic heterocycles. The average Bonchev–Trinajstić information content (AvgIpc) is 3.13. The summed E-state index contributed by atoms with van der Waals surface area (Å²) < 4.78 is 19.2. The second-order valence-electron chi connectivity index (χ2n) is 9.61. The Bertz CT molecular complexity index is 1280. The molecular weight excluding hydrogens is 449 g/mol. The number of phenols is 1. The molecule has 3 heterocycles. The molecule has 2 N–H and O–H groups in total. The van der Waals surface area contributed by atoms with Gasteiger partial charge in [0, 0.05) is 41.1 Å². The predicted molar refractivity (Wildman–Crippen MR) is 133 cm³/mol. The number of aromatic nitrogens is 2. The second kappa shape index (κ2) is 8.96. The van der Waals surface area contributed by atoms with Crippen molar-refractivity contribution in [2.45, 2.75) is 26.2 Å². The lowest BCUT2D eigenvalue weighted by Gasteiger charge is -2.40. The van der Waals surface area contributed by atoms with Gasteiger partial charge in [-0.3, -0.25) is 4.79 Å². The standard InChI is InChI=1S/C26H30FN5O3/c1-4-18-25(34)32(14-26(18)7-9-31(2)10-8-26)21-12-17-20(13-23(21)35-3)28-15-29-24(17)30-16-5-6-19(27)22(33)11-16/h5-6,11-13,15,18,33H,4,7-10,14H2,1-3H3,(H,28,29,30). The average molecular weight is 480 g/mol. The van der Waals surface area contributed by atoms with Crippen LogP contribution in [-0.2, 0) is 4.79 Å². The number of aromatic hydroxyl groups is 1. The number of ether oxygens (including phenoxy) is 1. The molecule has 1 unspecified atom stereocenters. The first kappa shape index (κ1) is 23.3. The summed E-state index contributed by atoms with van der Waals surface area (Å²) in [7, 11) is 3.72. The molecule has 2 fully saturated rings. The zero-order valence-electron chi connectivity index (χ0n) is 20.2. The summed E-state index contributed by atoms with van der Waals surface area (Å²) in [6, 6.07) is 7.71. The van der Waals surface area contributed by atoms with Crippen LogP contribution in [0.5, 0.6) is 11.5 Å². The molecule has 184 valence electrons. The summed E-state index contributed by atoms with van der Waals surface area (Å²) in [6.45, 7) is 4.72. The van der Waals surface area contributed by atoms with Crippen molar-refractivity contribution in [2.75, 3.05) is 44.0 Å². The fraction of sp³-hybridized carbons (Fsp3) is 0.423. The largest absolute Gasteiger partial charge is 0.505 e. The summed E-state index contributed by atoms with van der Waals surface area (Å²) in [5, 5.41) is 13.6. The first-order valence-electron chi connectivity index (χ1n) is 11.9. The van der Waals surface area contributed by atoms with Crippen molar-refractivity contribution >= 4 is 34.0 Å². The van der Waals surface area contributed by atoms with Crippen LogP contribution in [0.1, 0.15) is 26.2 Å². The number of amides is 1. The molecule has 5 rings (SSSR count). The lowest BCUT2D eigenvalue weighted by Crippen LogP contribution is -2.42. The number of fused-ring (bicyclic) bond motifs is 1. The molecule has 1 amide bonds. The Morgan fingerprint density at radius 2 is 2.00 bits per heavy atom. The third-order valence-corrected chi connectivity index (χ3v) is 7.60. The van der Waals surface area contributed by atoms with Crippen LogP contribution in [0.15, 0.2) is 36.7 Å². The highest BCUT2D eigenvalue weighted by Crippen LogP contribution is 2.50. The maximum atomic E-state index is 13.7. The van der Waals surface area contributed by atoms with E-state index in [9.17, 15) is 14.3 Å². The highest BCUT2D eigenvalue weighted by molar-refractivity contribution is 6.03. The molecule has 35 heavy (non-hydrogen) atoms. The molecule has 0 bridgehead atoms. The van der Waals surface area contributed by atoms with E-state index in [1.807, 2.05) is 17.0 Å². The van der Waals surface area contributed by atoms with Crippen LogP contribution in [-0.4, -0.2) is 59.7 Å². The van der Waals surface area contributed by atoms with Gasteiger partial charge in [0.25, 0.3) is 0 Å². The summed E-state index contributed by atoms with van der Waals surface area (Å²) >= 11 is 0. The quantitative estimate of drug-likeness (QED) is 0.563. The highest BCUT2D eigenvalue weighted by atomic mass is 19.1. The summed E-state index contributed by atoms with van der Waals surface area (Å²) in [4.78, 5) is 26.6. The van der Waals surface area contributed by atoms with Crippen LogP contribution in [0.2, 0.25) is 0 Å². The first-order chi connectivity index (χ1) is 16.8. The van der Waals surface area contributed by atoms with Crippen molar-refractivity contribution < 1.29 is 19.0 Å². The van der Waals surface area contributed by atoms with E-state index in [4.69, 9.17) is 4.74 Å². The fourth-order valence-electron chi connectivity index (χ4n) is 5.61. The maximum absolute atomic E-state index is 13.7. The third kappa shape index (κ3) is 4.03. The van der Waals surface area contributed by atoms with Crippen molar-refractivity contribution in [1.82, 2.24) is 14.9 Å². The van der Waals surface area contributed by atoms with Crippen LogP contribution < -0.4 is 15.0 Å². The van der Waals surface area contributed by atoms with E-state index in [1.165, 1.54) is 24.5 Å². The molecular formula is C26H30FN5O3. The molecule has 2 saturated heterocycles. The minimum atomic E-state index is -0.698. The number of benzene rings is 2. The number of hydrogen-bond donors (Lipinski definition) is 2. The highest BCUT2D eigenvalue weighted by Gasteiger charge is 2.52. The van der Waals surface area contributed by atoms with E-state index in [1.54, 1.807) is 7.11 Å². The number of rotatable bonds is 5. The number of phenolic OH excluding ortho intramolecular Hbond substituents is 1. The number of hydrogen-bond acceptors (Lipinski definition) is 7. The summed E-state index contributed by atoms with van der Waals surface area (Å²) in [5.41, 5.74) is 1.77. The van der Waals surface area contributed by atoms with Crippen molar-refractivity contribution in [2.24, 2.45) is 11.3 Å². The van der Waals surface area contributed by atoms with Crippen molar-refractivity contribution in [3.05, 3.63) is 42.5 Å². The maximum Gasteiger partial charge on any atom is 0.230 e. The smallest absolute Gasteiger partial charge is 0.230 e. The fourth-order valence-corrected chi connectivity index (χ4v) is 5.61. The minimum absolute atomic E-state index is 0.0246. The van der Waals surface area contributed by atoms with Crippen molar-refractivity contribution in [3.8, 4) is 11.5 Å². The van der Waals surface area contributed by atoms with E-state index < -0.39 is 11.6 Å². The van der Waals surface area contributed by atoms with Crippen LogP contribution in [0.4, 0.5) is 21.6 Å².